The zero-order chi connectivity index (χ0) is 19.1. The average molecular weight is 499 g/mol. The van der Waals surface area contributed by atoms with E-state index in [2.05, 4.69) is 71.5 Å². The summed E-state index contributed by atoms with van der Waals surface area (Å²) in [4.78, 5) is 10.0. The zero-order valence-electron chi connectivity index (χ0n) is 17.7. The predicted octanol–water partition coefficient (Wildman–Crippen LogP) is 3.16. The van der Waals surface area contributed by atoms with E-state index < -0.39 is 0 Å². The molecule has 2 fully saturated rings. The molecule has 2 heterocycles. The quantitative estimate of drug-likeness (QED) is 0.344. The second-order valence-electron chi connectivity index (χ2n) is 8.11. The Hall–Kier alpha value is -0.860. The number of hydrogen-bond acceptors (Lipinski definition) is 3. The molecule has 5 nitrogen and oxygen atoms in total. The third-order valence-electron chi connectivity index (χ3n) is 5.94. The Labute approximate surface area is 188 Å². The summed E-state index contributed by atoms with van der Waals surface area (Å²) in [6.07, 6.45) is 2.45. The van der Waals surface area contributed by atoms with Crippen LogP contribution in [0.15, 0.2) is 35.3 Å². The van der Waals surface area contributed by atoms with Gasteiger partial charge in [0.2, 0.25) is 0 Å². The van der Waals surface area contributed by atoms with Crippen LogP contribution in [-0.2, 0) is 6.54 Å². The second kappa shape index (κ2) is 12.0. The van der Waals surface area contributed by atoms with Crippen LogP contribution in [0.5, 0.6) is 0 Å². The monoisotopic (exact) mass is 499 g/mol. The summed E-state index contributed by atoms with van der Waals surface area (Å²) < 4.78 is 0. The topological polar surface area (TPSA) is 42.9 Å². The molecule has 1 aromatic rings. The van der Waals surface area contributed by atoms with Gasteiger partial charge in [-0.1, -0.05) is 37.3 Å². The van der Waals surface area contributed by atoms with E-state index in [4.69, 9.17) is 4.99 Å². The molecule has 3 rings (SSSR count). The van der Waals surface area contributed by atoms with Crippen molar-refractivity contribution in [2.45, 2.75) is 52.2 Å². The fourth-order valence-electron chi connectivity index (χ4n) is 4.32. The summed E-state index contributed by atoms with van der Waals surface area (Å²) in [5, 5.41) is 7.14. The van der Waals surface area contributed by atoms with E-state index in [9.17, 15) is 0 Å². The van der Waals surface area contributed by atoms with Gasteiger partial charge in [0.25, 0.3) is 0 Å². The first kappa shape index (κ1) is 23.4. The normalized spacial score (nSPS) is 26.2. The first-order chi connectivity index (χ1) is 13.2. The number of nitrogens with one attached hydrogen (secondary N) is 2. The summed E-state index contributed by atoms with van der Waals surface area (Å²) in [6, 6.07) is 11.9. The van der Waals surface area contributed by atoms with Crippen LogP contribution in [0.3, 0.4) is 0 Å². The maximum Gasteiger partial charge on any atom is 0.191 e. The molecule has 2 aliphatic rings. The molecule has 2 N–H and O–H groups in total. The van der Waals surface area contributed by atoms with Crippen molar-refractivity contribution in [3.63, 3.8) is 0 Å². The lowest BCUT2D eigenvalue weighted by atomic mass is 10.1. The molecular formula is C22H38IN5. The molecule has 28 heavy (non-hydrogen) atoms. The first-order valence-electron chi connectivity index (χ1n) is 10.7. The molecule has 0 bridgehead atoms. The molecule has 0 aromatic heterocycles. The van der Waals surface area contributed by atoms with Gasteiger partial charge in [0.05, 0.1) is 0 Å². The first-order valence-corrected chi connectivity index (χ1v) is 10.7. The van der Waals surface area contributed by atoms with E-state index in [1.54, 1.807) is 0 Å². The highest BCUT2D eigenvalue weighted by atomic mass is 127. The highest BCUT2D eigenvalue weighted by Crippen LogP contribution is 2.20. The number of rotatable bonds is 7. The number of benzene rings is 1. The average Bonchev–Trinajstić information content (AvgIpc) is 3.27. The largest absolute Gasteiger partial charge is 0.357 e. The highest BCUT2D eigenvalue weighted by Gasteiger charge is 2.29. The summed E-state index contributed by atoms with van der Waals surface area (Å²) in [5.41, 5.74) is 1.40. The third-order valence-corrected chi connectivity index (χ3v) is 5.94. The SMILES string of the molecule is CCNC(=NCC1CCN(CC)C1)NC1CC(C)N(Cc2ccccc2)C1.I. The third kappa shape index (κ3) is 6.88. The van der Waals surface area contributed by atoms with Gasteiger partial charge in [-0.15, -0.1) is 24.0 Å². The van der Waals surface area contributed by atoms with E-state index in [0.29, 0.717) is 18.0 Å². The van der Waals surface area contributed by atoms with Crippen LogP contribution in [0.25, 0.3) is 0 Å². The smallest absolute Gasteiger partial charge is 0.191 e. The molecule has 0 aliphatic carbocycles. The van der Waals surface area contributed by atoms with Gasteiger partial charge in [-0.05, 0) is 51.3 Å². The van der Waals surface area contributed by atoms with Crippen molar-refractivity contribution in [1.29, 1.82) is 0 Å². The molecule has 2 saturated heterocycles. The molecule has 0 radical (unpaired) electrons. The van der Waals surface area contributed by atoms with Crippen molar-refractivity contribution in [2.24, 2.45) is 10.9 Å². The molecule has 0 spiro atoms. The predicted molar refractivity (Wildman–Crippen MR) is 129 cm³/mol. The molecule has 158 valence electrons. The van der Waals surface area contributed by atoms with Crippen LogP contribution >= 0.6 is 24.0 Å². The fourth-order valence-corrected chi connectivity index (χ4v) is 4.32. The van der Waals surface area contributed by atoms with Crippen molar-refractivity contribution in [1.82, 2.24) is 20.4 Å². The van der Waals surface area contributed by atoms with Gasteiger partial charge < -0.3 is 15.5 Å². The van der Waals surface area contributed by atoms with Gasteiger partial charge >= 0.3 is 0 Å². The zero-order valence-corrected chi connectivity index (χ0v) is 20.1. The number of likely N-dealkylation sites (tertiary alicyclic amines) is 2. The Balaban J connectivity index is 0.00000280. The van der Waals surface area contributed by atoms with E-state index in [-0.39, 0.29) is 24.0 Å². The number of halogens is 1. The molecule has 0 amide bonds. The summed E-state index contributed by atoms with van der Waals surface area (Å²) in [5.74, 6) is 1.70. The summed E-state index contributed by atoms with van der Waals surface area (Å²) >= 11 is 0. The number of guanidine groups is 1. The van der Waals surface area contributed by atoms with Gasteiger partial charge in [0.1, 0.15) is 0 Å². The highest BCUT2D eigenvalue weighted by molar-refractivity contribution is 14.0. The van der Waals surface area contributed by atoms with Gasteiger partial charge in [-0.25, -0.2) is 0 Å². The van der Waals surface area contributed by atoms with Crippen molar-refractivity contribution in [3.05, 3.63) is 35.9 Å². The standard InChI is InChI=1S/C22H37N5.HI/c1-4-23-22(24-14-20-11-12-26(5-2)15-20)25-21-13-18(3)27(17-21)16-19-9-7-6-8-10-19;/h6-10,18,20-21H,4-5,11-17H2,1-3H3,(H2,23,24,25);1H. The fraction of sp³-hybridized carbons (Fsp3) is 0.682. The number of nitrogens with zero attached hydrogens (tertiary/aromatic N) is 3. The Morgan fingerprint density at radius 1 is 1.18 bits per heavy atom. The van der Waals surface area contributed by atoms with Crippen LogP contribution in [0.4, 0.5) is 0 Å². The molecule has 2 aliphatic heterocycles. The Kier molecular flexibility index (Phi) is 10.0. The van der Waals surface area contributed by atoms with Crippen LogP contribution in [0, 0.1) is 5.92 Å². The molecule has 3 unspecified atom stereocenters. The molecule has 6 heteroatoms. The van der Waals surface area contributed by atoms with Crippen molar-refractivity contribution < 1.29 is 0 Å². The minimum Gasteiger partial charge on any atom is -0.357 e. The lowest BCUT2D eigenvalue weighted by Crippen LogP contribution is -2.44. The molecule has 0 saturated carbocycles. The van der Waals surface area contributed by atoms with Crippen LogP contribution in [0.1, 0.15) is 39.2 Å². The van der Waals surface area contributed by atoms with E-state index in [1.807, 2.05) is 0 Å². The second-order valence-corrected chi connectivity index (χ2v) is 8.11. The molecule has 1 aromatic carbocycles. The van der Waals surface area contributed by atoms with Crippen LogP contribution < -0.4 is 10.6 Å². The van der Waals surface area contributed by atoms with Gasteiger partial charge in [-0.2, -0.15) is 0 Å². The summed E-state index contributed by atoms with van der Waals surface area (Å²) in [6.45, 7) is 14.3. The lowest BCUT2D eigenvalue weighted by Gasteiger charge is -2.21. The van der Waals surface area contributed by atoms with Crippen molar-refractivity contribution in [3.8, 4) is 0 Å². The van der Waals surface area contributed by atoms with Gasteiger partial charge in [0.15, 0.2) is 5.96 Å². The minimum atomic E-state index is 0. The number of aliphatic imine (C=N–C) groups is 1. The minimum absolute atomic E-state index is 0. The molecular weight excluding hydrogens is 461 g/mol. The van der Waals surface area contributed by atoms with E-state index >= 15 is 0 Å². The Morgan fingerprint density at radius 2 is 1.96 bits per heavy atom. The van der Waals surface area contributed by atoms with E-state index in [0.717, 1.165) is 38.7 Å². The summed E-state index contributed by atoms with van der Waals surface area (Å²) in [7, 11) is 0. The Bertz CT molecular complexity index is 594. The van der Waals surface area contributed by atoms with Crippen molar-refractivity contribution >= 4 is 29.9 Å². The molecule has 3 atom stereocenters. The number of hydrogen-bond donors (Lipinski definition) is 2. The Morgan fingerprint density at radius 3 is 2.64 bits per heavy atom. The maximum absolute atomic E-state index is 4.91. The van der Waals surface area contributed by atoms with E-state index in [1.165, 1.54) is 31.5 Å². The van der Waals surface area contributed by atoms with Crippen molar-refractivity contribution in [2.75, 3.05) is 39.3 Å². The van der Waals surface area contributed by atoms with Crippen LogP contribution in [-0.4, -0.2) is 67.1 Å². The van der Waals surface area contributed by atoms with Gasteiger partial charge in [0, 0.05) is 44.8 Å². The van der Waals surface area contributed by atoms with Crippen LogP contribution in [0.2, 0.25) is 0 Å². The maximum atomic E-state index is 4.91. The lowest BCUT2D eigenvalue weighted by molar-refractivity contribution is 0.258. The van der Waals surface area contributed by atoms with Gasteiger partial charge in [-0.3, -0.25) is 9.89 Å².